The minimum Gasteiger partial charge on any atom is -0.469 e. The zero-order valence-corrected chi connectivity index (χ0v) is 37.0. The number of nitrogens with two attached hydrogens (primary N) is 1. The van der Waals surface area contributed by atoms with E-state index in [9.17, 15) is 28.8 Å². The fraction of sp³-hybridized carbons (Fsp3) is 0.619. The van der Waals surface area contributed by atoms with Crippen LogP contribution in [-0.2, 0) is 33.5 Å². The first-order valence-corrected chi connectivity index (χ1v) is 21.1. The van der Waals surface area contributed by atoms with Gasteiger partial charge in [-0.2, -0.15) is 0 Å². The van der Waals surface area contributed by atoms with E-state index >= 15 is 0 Å². The molecule has 0 fully saturated rings. The van der Waals surface area contributed by atoms with Gasteiger partial charge in [0, 0.05) is 17.5 Å². The number of ether oxygens (including phenoxy) is 1. The number of carbonyl (C=O) groups excluding carboxylic acids is 6. The van der Waals surface area contributed by atoms with Crippen molar-refractivity contribution in [1.29, 1.82) is 0 Å². The van der Waals surface area contributed by atoms with Crippen LogP contribution in [0.25, 0.3) is 0 Å². The number of carbonyl (C=O) groups is 6. The van der Waals surface area contributed by atoms with E-state index in [-0.39, 0.29) is 18.2 Å². The molecule has 2 heterocycles. The summed E-state index contributed by atoms with van der Waals surface area (Å²) in [7, 11) is 1.26. The lowest BCUT2D eigenvalue weighted by atomic mass is 9.82. The van der Waals surface area contributed by atoms with Gasteiger partial charge in [0.2, 0.25) is 29.5 Å². The second kappa shape index (κ2) is 21.9. The van der Waals surface area contributed by atoms with Crippen LogP contribution in [-0.4, -0.2) is 96.7 Å². The first-order valence-electron chi connectivity index (χ1n) is 20.2. The average Bonchev–Trinajstić information content (AvgIpc) is 3.71. The average molecular weight is 840 g/mol. The van der Waals surface area contributed by atoms with Crippen LogP contribution in [0.3, 0.4) is 0 Å². The molecule has 1 aromatic heterocycles. The van der Waals surface area contributed by atoms with Crippen LogP contribution in [0.5, 0.6) is 0 Å². The molecule has 0 saturated heterocycles. The number of nitrogens with zero attached hydrogens (tertiary/aromatic N) is 2. The summed E-state index contributed by atoms with van der Waals surface area (Å²) in [5.41, 5.74) is 4.94. The van der Waals surface area contributed by atoms with E-state index in [2.05, 4.69) is 36.9 Å². The van der Waals surface area contributed by atoms with Gasteiger partial charge in [0.05, 0.1) is 25.6 Å². The number of thiazole rings is 1. The molecular formula is C42H65N9O7S. The molecule has 5 amide bonds. The Balaban J connectivity index is 2.09. The van der Waals surface area contributed by atoms with Gasteiger partial charge in [0.25, 0.3) is 0 Å². The van der Waals surface area contributed by atoms with Crippen molar-refractivity contribution in [1.82, 2.24) is 36.9 Å². The Morgan fingerprint density at radius 1 is 0.932 bits per heavy atom. The summed E-state index contributed by atoms with van der Waals surface area (Å²) >= 11 is 1.27. The Hall–Kier alpha value is -4.90. The van der Waals surface area contributed by atoms with Crippen molar-refractivity contribution in [2.75, 3.05) is 20.2 Å². The highest BCUT2D eigenvalue weighted by atomic mass is 32.1. The molecule has 8 N–H and O–H groups in total. The molecule has 1 aliphatic rings. The molecule has 59 heavy (non-hydrogen) atoms. The number of methoxy groups -OCH3 is 1. The van der Waals surface area contributed by atoms with E-state index in [0.29, 0.717) is 30.8 Å². The molecule has 3 rings (SSSR count). The van der Waals surface area contributed by atoms with E-state index in [1.807, 2.05) is 92.6 Å². The maximum atomic E-state index is 14.7. The first-order chi connectivity index (χ1) is 27.7. The first kappa shape index (κ1) is 48.5. The van der Waals surface area contributed by atoms with E-state index in [1.165, 1.54) is 18.4 Å². The Bertz CT molecular complexity index is 1760. The Kier molecular flexibility index (Phi) is 18.0. The lowest BCUT2D eigenvalue weighted by molar-refractivity contribution is -0.141. The number of amides is 5. The van der Waals surface area contributed by atoms with Crippen LogP contribution in [0.2, 0.25) is 0 Å². The van der Waals surface area contributed by atoms with Crippen LogP contribution >= 0.6 is 11.3 Å². The number of aromatic nitrogens is 1. The zero-order chi connectivity index (χ0) is 44.1. The molecule has 0 bridgehead atoms. The highest BCUT2D eigenvalue weighted by molar-refractivity contribution is 7.09. The zero-order valence-electron chi connectivity index (χ0n) is 36.1. The summed E-state index contributed by atoms with van der Waals surface area (Å²) in [6, 6.07) is 3.51. The highest BCUT2D eigenvalue weighted by Crippen LogP contribution is 2.27. The standard InChI is InChI=1S/C42H65N9O7S/c1-24(2)31-37(55)51-33(41(4,5)6)35(45-23-29(52)46-27(36(54)48-31)18-14-15-19-43)50-34(42(7,8)9)39(57)49-32(25(3)26-16-12-11-13-17-26)38(56)47-28(22-30(53)58-10)40-44-20-21-59-40/h11-13,16-17,20-21,24-25,27-28,31-34H,14-15,18-19,22-23,43H2,1-10H3,(H,45,50)(H,46,52)(H,47,56)(H,48,54)(H,49,57)(H,51,55)/t25-,27-,28+,31-,32-,33+,34+/m0/s1. The fourth-order valence-electron chi connectivity index (χ4n) is 6.64. The van der Waals surface area contributed by atoms with Crippen LogP contribution in [0, 0.1) is 16.7 Å². The van der Waals surface area contributed by atoms with E-state index in [4.69, 9.17) is 15.5 Å². The van der Waals surface area contributed by atoms with Crippen LogP contribution in [0.4, 0.5) is 0 Å². The van der Waals surface area contributed by atoms with Gasteiger partial charge in [-0.05, 0) is 48.1 Å². The molecule has 17 heteroatoms. The minimum absolute atomic E-state index is 0.171. The lowest BCUT2D eigenvalue weighted by Gasteiger charge is -2.39. The lowest BCUT2D eigenvalue weighted by Crippen LogP contribution is -2.65. The number of nitrogens with one attached hydrogen (secondary N) is 6. The Morgan fingerprint density at radius 2 is 1.61 bits per heavy atom. The molecule has 326 valence electrons. The molecule has 2 aromatic rings. The van der Waals surface area contributed by atoms with Gasteiger partial charge in [-0.3, -0.25) is 33.8 Å². The fourth-order valence-corrected chi connectivity index (χ4v) is 7.33. The van der Waals surface area contributed by atoms with Crippen LogP contribution in [0.15, 0.2) is 46.9 Å². The third-order valence-corrected chi connectivity index (χ3v) is 11.0. The second-order valence-corrected chi connectivity index (χ2v) is 18.4. The molecule has 0 saturated carbocycles. The van der Waals surface area contributed by atoms with Gasteiger partial charge < -0.3 is 42.4 Å². The quantitative estimate of drug-likeness (QED) is 0.102. The van der Waals surface area contributed by atoms with Crippen molar-refractivity contribution in [2.24, 2.45) is 27.5 Å². The monoisotopic (exact) mass is 839 g/mol. The minimum atomic E-state index is -1.13. The number of unbranched alkanes of at least 4 members (excludes halogenated alkanes) is 1. The number of amidine groups is 1. The largest absolute Gasteiger partial charge is 0.469 e. The van der Waals surface area contributed by atoms with Crippen molar-refractivity contribution in [2.45, 2.75) is 130 Å². The highest BCUT2D eigenvalue weighted by Gasteiger charge is 2.41. The van der Waals surface area contributed by atoms with E-state index < -0.39 is 95.0 Å². The molecule has 0 radical (unpaired) electrons. The van der Waals surface area contributed by atoms with Crippen molar-refractivity contribution in [3.63, 3.8) is 0 Å². The van der Waals surface area contributed by atoms with Gasteiger partial charge in [-0.15, -0.1) is 11.3 Å². The predicted octanol–water partition coefficient (Wildman–Crippen LogP) is 2.85. The Labute approximate surface area is 352 Å². The maximum absolute atomic E-state index is 14.7. The van der Waals surface area contributed by atoms with E-state index in [1.54, 1.807) is 11.6 Å². The molecule has 1 aromatic carbocycles. The summed E-state index contributed by atoms with van der Waals surface area (Å²) in [6.07, 6.45) is 2.94. The normalized spacial score (nSPS) is 20.2. The third-order valence-electron chi connectivity index (χ3n) is 10.2. The van der Waals surface area contributed by atoms with Crippen molar-refractivity contribution >= 4 is 52.7 Å². The maximum Gasteiger partial charge on any atom is 0.308 e. The Morgan fingerprint density at radius 3 is 2.17 bits per heavy atom. The molecule has 0 aliphatic carbocycles. The number of aliphatic imine (C=N–C) groups is 1. The van der Waals surface area contributed by atoms with Crippen LogP contribution < -0.4 is 37.6 Å². The van der Waals surface area contributed by atoms with Crippen molar-refractivity contribution in [3.05, 3.63) is 52.5 Å². The van der Waals surface area contributed by atoms with Gasteiger partial charge >= 0.3 is 5.97 Å². The number of hydrogen-bond acceptors (Lipinski definition) is 12. The smallest absolute Gasteiger partial charge is 0.308 e. The number of rotatable bonds is 15. The number of esters is 1. The number of benzene rings is 1. The molecular weight excluding hydrogens is 775 g/mol. The summed E-state index contributed by atoms with van der Waals surface area (Å²) < 4.78 is 4.90. The summed E-state index contributed by atoms with van der Waals surface area (Å²) in [5, 5.41) is 20.2. The SMILES string of the molecule is COC(=O)C[C@@H](NC(=O)[C@@H](NC(=O)[C@@H](NC1=NCC(=O)N[C@@H](CCCCN)C(=O)N[C@@H](C(C)C)C(=O)N[C@H]1C(C)(C)C)C(C)(C)C)[C@@H](C)c1ccccc1)c1nccs1. The predicted molar refractivity (Wildman–Crippen MR) is 228 cm³/mol. The third kappa shape index (κ3) is 14.4. The van der Waals surface area contributed by atoms with Crippen molar-refractivity contribution in [3.8, 4) is 0 Å². The van der Waals surface area contributed by atoms with Gasteiger partial charge in [0.15, 0.2) is 0 Å². The number of hydrogen-bond donors (Lipinski definition) is 7. The van der Waals surface area contributed by atoms with Crippen LogP contribution in [0.1, 0.15) is 111 Å². The van der Waals surface area contributed by atoms with Crippen molar-refractivity contribution < 1.29 is 33.5 Å². The van der Waals surface area contributed by atoms with Gasteiger partial charge in [-0.1, -0.05) is 92.6 Å². The van der Waals surface area contributed by atoms with Gasteiger partial charge in [-0.25, -0.2) is 4.98 Å². The molecule has 0 spiro atoms. The van der Waals surface area contributed by atoms with E-state index in [0.717, 1.165) is 5.56 Å². The summed E-state index contributed by atoms with van der Waals surface area (Å²) in [6.45, 7) is 16.7. The molecule has 16 nitrogen and oxygen atoms in total. The summed E-state index contributed by atoms with van der Waals surface area (Å²) in [5.74, 6) is -3.79. The topological polar surface area (TPSA) is 235 Å². The molecule has 7 atom stereocenters. The second-order valence-electron chi connectivity index (χ2n) is 17.5. The van der Waals surface area contributed by atoms with Gasteiger partial charge in [0.1, 0.15) is 41.6 Å². The summed E-state index contributed by atoms with van der Waals surface area (Å²) in [4.78, 5) is 91.6. The molecule has 0 unspecified atom stereocenters. The molecule has 1 aliphatic heterocycles.